The Kier molecular flexibility index (Phi) is 2.83. The molecule has 0 saturated heterocycles. The summed E-state index contributed by atoms with van der Waals surface area (Å²) in [5, 5.41) is 0.767. The van der Waals surface area contributed by atoms with Crippen molar-refractivity contribution in [3.05, 3.63) is 29.0 Å². The van der Waals surface area contributed by atoms with E-state index in [0.717, 1.165) is 47.7 Å². The van der Waals surface area contributed by atoms with Gasteiger partial charge in [-0.2, -0.15) is 0 Å². The van der Waals surface area contributed by atoms with Crippen molar-refractivity contribution < 1.29 is 0 Å². The van der Waals surface area contributed by atoms with Gasteiger partial charge in [0, 0.05) is 23.5 Å². The number of benzene rings is 1. The van der Waals surface area contributed by atoms with Crippen LogP contribution in [0.3, 0.4) is 0 Å². The van der Waals surface area contributed by atoms with Crippen LogP contribution >= 0.6 is 11.6 Å². The molecule has 3 nitrogen and oxygen atoms in total. The van der Waals surface area contributed by atoms with Gasteiger partial charge in [0.15, 0.2) is 0 Å². The van der Waals surface area contributed by atoms with Crippen molar-refractivity contribution in [2.75, 3.05) is 6.54 Å². The maximum Gasteiger partial charge on any atom is 0.117 e. The highest BCUT2D eigenvalue weighted by molar-refractivity contribution is 6.31. The van der Waals surface area contributed by atoms with Crippen molar-refractivity contribution in [2.45, 2.75) is 38.1 Å². The fourth-order valence-corrected chi connectivity index (χ4v) is 2.79. The zero-order chi connectivity index (χ0) is 12.8. The average Bonchev–Trinajstić information content (AvgIpc) is 3.09. The van der Waals surface area contributed by atoms with Gasteiger partial charge in [-0.3, -0.25) is 0 Å². The Labute approximate surface area is 112 Å². The van der Waals surface area contributed by atoms with E-state index < -0.39 is 0 Å². The fraction of sp³-hybridized carbons (Fsp3) is 0.500. The molecule has 1 fully saturated rings. The molecule has 0 unspecified atom stereocenters. The number of fused-ring (bicyclic) bond motifs is 1. The van der Waals surface area contributed by atoms with Gasteiger partial charge in [0.25, 0.3) is 0 Å². The Hall–Kier alpha value is -1.06. The van der Waals surface area contributed by atoms with Crippen LogP contribution in [0.2, 0.25) is 5.02 Å². The van der Waals surface area contributed by atoms with E-state index in [2.05, 4.69) is 11.5 Å². The molecule has 18 heavy (non-hydrogen) atoms. The third-order valence-electron chi connectivity index (χ3n) is 3.88. The topological polar surface area (TPSA) is 43.8 Å². The molecule has 0 atom stereocenters. The summed E-state index contributed by atoms with van der Waals surface area (Å²) < 4.78 is 2.31. The van der Waals surface area contributed by atoms with Gasteiger partial charge in [0.05, 0.1) is 11.0 Å². The Balaban J connectivity index is 2.21. The maximum absolute atomic E-state index is 6.10. The van der Waals surface area contributed by atoms with E-state index in [1.165, 1.54) is 0 Å². The molecule has 1 aromatic heterocycles. The summed E-state index contributed by atoms with van der Waals surface area (Å²) in [5.74, 6) is 1.16. The summed E-state index contributed by atoms with van der Waals surface area (Å²) in [7, 11) is 0. The second-order valence-electron chi connectivity index (χ2n) is 5.20. The van der Waals surface area contributed by atoms with Gasteiger partial charge in [-0.1, -0.05) is 18.5 Å². The van der Waals surface area contributed by atoms with Crippen LogP contribution in [0.1, 0.15) is 32.0 Å². The van der Waals surface area contributed by atoms with Gasteiger partial charge < -0.3 is 10.3 Å². The molecular weight excluding hydrogens is 246 g/mol. The molecule has 1 aliphatic carbocycles. The van der Waals surface area contributed by atoms with Crippen molar-refractivity contribution in [2.24, 2.45) is 5.73 Å². The molecule has 4 heteroatoms. The molecule has 1 saturated carbocycles. The number of imidazole rings is 1. The number of hydrogen-bond acceptors (Lipinski definition) is 2. The van der Waals surface area contributed by atoms with E-state index in [1.807, 2.05) is 18.2 Å². The molecule has 0 bridgehead atoms. The number of rotatable bonds is 4. The van der Waals surface area contributed by atoms with Gasteiger partial charge >= 0.3 is 0 Å². The number of nitrogens with two attached hydrogens (primary N) is 1. The summed E-state index contributed by atoms with van der Waals surface area (Å²) in [6.07, 6.45) is 3.40. The van der Waals surface area contributed by atoms with Crippen LogP contribution in [0, 0.1) is 0 Å². The van der Waals surface area contributed by atoms with E-state index >= 15 is 0 Å². The van der Waals surface area contributed by atoms with E-state index in [0.29, 0.717) is 6.54 Å². The van der Waals surface area contributed by atoms with Crippen LogP contribution in [0.5, 0.6) is 0 Å². The summed E-state index contributed by atoms with van der Waals surface area (Å²) in [6, 6.07) is 5.91. The van der Waals surface area contributed by atoms with Gasteiger partial charge in [-0.15, -0.1) is 0 Å². The minimum atomic E-state index is 0.126. The Morgan fingerprint density at radius 1 is 1.44 bits per heavy atom. The highest BCUT2D eigenvalue weighted by atomic mass is 35.5. The molecule has 0 radical (unpaired) electrons. The number of nitrogens with zero attached hydrogens (tertiary/aromatic N) is 2. The van der Waals surface area contributed by atoms with Crippen LogP contribution in [-0.2, 0) is 12.0 Å². The molecule has 0 amide bonds. The van der Waals surface area contributed by atoms with E-state index in [4.69, 9.17) is 22.3 Å². The highest BCUT2D eigenvalue weighted by Gasteiger charge is 2.46. The van der Waals surface area contributed by atoms with Crippen LogP contribution in [0.4, 0.5) is 0 Å². The van der Waals surface area contributed by atoms with E-state index in [-0.39, 0.29) is 5.41 Å². The Bertz CT molecular complexity index is 584. The molecule has 2 N–H and O–H groups in total. The number of hydrogen-bond donors (Lipinski definition) is 1. The van der Waals surface area contributed by atoms with Crippen LogP contribution in [-0.4, -0.2) is 16.1 Å². The smallest absolute Gasteiger partial charge is 0.117 e. The molecule has 1 aliphatic rings. The minimum absolute atomic E-state index is 0.126. The van der Waals surface area contributed by atoms with E-state index in [9.17, 15) is 0 Å². The lowest BCUT2D eigenvalue weighted by Crippen LogP contribution is -2.24. The Morgan fingerprint density at radius 3 is 2.83 bits per heavy atom. The fourth-order valence-electron chi connectivity index (χ4n) is 2.62. The van der Waals surface area contributed by atoms with E-state index in [1.54, 1.807) is 0 Å². The lowest BCUT2D eigenvalue weighted by Gasteiger charge is -2.15. The lowest BCUT2D eigenvalue weighted by molar-refractivity contribution is 0.572. The molecule has 96 valence electrons. The predicted octanol–water partition coefficient (Wildman–Crippen LogP) is 3.09. The number of halogens is 1. The summed E-state index contributed by atoms with van der Waals surface area (Å²) >= 11 is 6.10. The van der Waals surface area contributed by atoms with Crippen LogP contribution in [0.15, 0.2) is 18.2 Å². The van der Waals surface area contributed by atoms with Gasteiger partial charge in [0.1, 0.15) is 5.82 Å². The molecule has 3 rings (SSSR count). The Morgan fingerprint density at radius 2 is 2.22 bits per heavy atom. The van der Waals surface area contributed by atoms with Crippen molar-refractivity contribution >= 4 is 22.6 Å². The van der Waals surface area contributed by atoms with Crippen molar-refractivity contribution in [1.82, 2.24) is 9.55 Å². The zero-order valence-corrected chi connectivity index (χ0v) is 11.4. The summed E-state index contributed by atoms with van der Waals surface area (Å²) in [4.78, 5) is 4.80. The molecule has 0 aliphatic heterocycles. The second kappa shape index (κ2) is 4.25. The molecule has 1 aromatic carbocycles. The maximum atomic E-state index is 6.10. The lowest BCUT2D eigenvalue weighted by atomic mass is 10.1. The van der Waals surface area contributed by atoms with Crippen LogP contribution in [0.25, 0.3) is 11.0 Å². The highest BCUT2D eigenvalue weighted by Crippen LogP contribution is 2.47. The molecule has 2 aromatic rings. The molecular formula is C14H18ClN3. The number of aromatic nitrogens is 2. The van der Waals surface area contributed by atoms with Crippen molar-refractivity contribution in [1.29, 1.82) is 0 Å². The van der Waals surface area contributed by atoms with Gasteiger partial charge in [-0.05, 0) is 37.5 Å². The second-order valence-corrected chi connectivity index (χ2v) is 5.64. The van der Waals surface area contributed by atoms with Crippen molar-refractivity contribution in [3.63, 3.8) is 0 Å². The SMILES string of the molecule is CCCn1c(C2(CN)CC2)nc2ccc(Cl)cc21. The third kappa shape index (κ3) is 1.73. The standard InChI is InChI=1S/C14H18ClN3/c1-2-7-18-12-8-10(15)3-4-11(12)17-13(18)14(9-16)5-6-14/h3-4,8H,2,5-7,9,16H2,1H3. The molecule has 1 heterocycles. The minimum Gasteiger partial charge on any atom is -0.329 e. The first-order valence-electron chi connectivity index (χ1n) is 6.56. The monoisotopic (exact) mass is 263 g/mol. The number of aryl methyl sites for hydroxylation is 1. The van der Waals surface area contributed by atoms with Crippen LogP contribution < -0.4 is 5.73 Å². The normalized spacial score (nSPS) is 17.3. The summed E-state index contributed by atoms with van der Waals surface area (Å²) in [6.45, 7) is 3.85. The predicted molar refractivity (Wildman–Crippen MR) is 75.0 cm³/mol. The van der Waals surface area contributed by atoms with Gasteiger partial charge in [-0.25, -0.2) is 4.98 Å². The first-order chi connectivity index (χ1) is 8.70. The summed E-state index contributed by atoms with van der Waals surface area (Å²) in [5.41, 5.74) is 8.23. The van der Waals surface area contributed by atoms with Crippen molar-refractivity contribution in [3.8, 4) is 0 Å². The quantitative estimate of drug-likeness (QED) is 0.921. The van der Waals surface area contributed by atoms with Gasteiger partial charge in [0.2, 0.25) is 0 Å². The first-order valence-corrected chi connectivity index (χ1v) is 6.94. The molecule has 0 spiro atoms. The first kappa shape index (κ1) is 12.0. The zero-order valence-electron chi connectivity index (χ0n) is 10.6. The largest absolute Gasteiger partial charge is 0.329 e. The third-order valence-corrected chi connectivity index (χ3v) is 4.11. The average molecular weight is 264 g/mol.